The van der Waals surface area contributed by atoms with Gasteiger partial charge >= 0.3 is 6.09 Å². The van der Waals surface area contributed by atoms with Crippen LogP contribution in [0.5, 0.6) is 0 Å². The molecule has 0 saturated carbocycles. The Balaban J connectivity index is 1.67. The molecule has 2 heterocycles. The van der Waals surface area contributed by atoms with Crippen molar-refractivity contribution >= 4 is 22.8 Å². The predicted octanol–water partition coefficient (Wildman–Crippen LogP) is 2.97. The number of rotatable bonds is 3. The van der Waals surface area contributed by atoms with Crippen LogP contribution in [0.4, 0.5) is 10.6 Å². The summed E-state index contributed by atoms with van der Waals surface area (Å²) in [7, 11) is 0. The van der Waals surface area contributed by atoms with E-state index in [4.69, 9.17) is 4.74 Å². The number of nitrogens with one attached hydrogen (secondary N) is 1. The first-order chi connectivity index (χ1) is 11.2. The second-order valence-corrected chi connectivity index (χ2v) is 5.85. The molecule has 2 aromatic rings. The summed E-state index contributed by atoms with van der Waals surface area (Å²) in [5.41, 5.74) is 2.13. The van der Waals surface area contributed by atoms with E-state index in [1.54, 1.807) is 11.2 Å². The van der Waals surface area contributed by atoms with E-state index < -0.39 is 0 Å². The van der Waals surface area contributed by atoms with Crippen LogP contribution in [-0.4, -0.2) is 46.7 Å². The van der Waals surface area contributed by atoms with Crippen molar-refractivity contribution in [1.82, 2.24) is 14.9 Å². The molecule has 1 amide bonds. The maximum absolute atomic E-state index is 11.7. The Morgan fingerprint density at radius 3 is 2.87 bits per heavy atom. The molecule has 6 nitrogen and oxygen atoms in total. The molecule has 122 valence electrons. The van der Waals surface area contributed by atoms with E-state index in [1.807, 2.05) is 13.0 Å². The van der Waals surface area contributed by atoms with Gasteiger partial charge in [0.05, 0.1) is 12.1 Å². The summed E-state index contributed by atoms with van der Waals surface area (Å²) in [5, 5.41) is 4.55. The molecule has 1 saturated heterocycles. The molecule has 6 heteroatoms. The van der Waals surface area contributed by atoms with Crippen LogP contribution in [0.2, 0.25) is 0 Å². The number of aromatic nitrogens is 2. The van der Waals surface area contributed by atoms with E-state index in [1.165, 1.54) is 5.56 Å². The highest BCUT2D eigenvalue weighted by molar-refractivity contribution is 5.89. The van der Waals surface area contributed by atoms with Gasteiger partial charge in [-0.15, -0.1) is 0 Å². The van der Waals surface area contributed by atoms with E-state index in [0.717, 1.165) is 29.6 Å². The SMILES string of the molecule is CCOC(=O)N1CCC(Nc2ncnc3ccc(C)cc23)CC1. The van der Waals surface area contributed by atoms with Crippen LogP contribution < -0.4 is 5.32 Å². The number of likely N-dealkylation sites (tertiary alicyclic amines) is 1. The quantitative estimate of drug-likeness (QED) is 0.943. The molecule has 0 bridgehead atoms. The van der Waals surface area contributed by atoms with Crippen LogP contribution in [0.25, 0.3) is 10.9 Å². The first kappa shape index (κ1) is 15.5. The van der Waals surface area contributed by atoms with Gasteiger partial charge in [0.1, 0.15) is 12.1 Å². The van der Waals surface area contributed by atoms with Gasteiger partial charge in [0.15, 0.2) is 0 Å². The largest absolute Gasteiger partial charge is 0.450 e. The van der Waals surface area contributed by atoms with Crippen molar-refractivity contribution in [2.45, 2.75) is 32.7 Å². The maximum atomic E-state index is 11.7. The lowest BCUT2D eigenvalue weighted by molar-refractivity contribution is 0.0983. The molecule has 0 unspecified atom stereocenters. The third kappa shape index (κ3) is 3.52. The summed E-state index contributed by atoms with van der Waals surface area (Å²) in [6.07, 6.45) is 3.15. The average molecular weight is 314 g/mol. The fourth-order valence-corrected chi connectivity index (χ4v) is 2.90. The Morgan fingerprint density at radius 1 is 1.35 bits per heavy atom. The highest BCUT2D eigenvalue weighted by Crippen LogP contribution is 2.23. The smallest absolute Gasteiger partial charge is 0.409 e. The molecule has 1 fully saturated rings. The maximum Gasteiger partial charge on any atom is 0.409 e. The molecule has 23 heavy (non-hydrogen) atoms. The van der Waals surface area contributed by atoms with Crippen LogP contribution in [0, 0.1) is 6.92 Å². The van der Waals surface area contributed by atoms with Crippen LogP contribution in [0.3, 0.4) is 0 Å². The molecule has 1 aliphatic heterocycles. The zero-order valence-electron chi connectivity index (χ0n) is 13.6. The van der Waals surface area contributed by atoms with Crippen LogP contribution in [0.15, 0.2) is 24.5 Å². The summed E-state index contributed by atoms with van der Waals surface area (Å²) in [5.74, 6) is 0.869. The third-order valence-electron chi connectivity index (χ3n) is 4.15. The monoisotopic (exact) mass is 314 g/mol. The second kappa shape index (κ2) is 6.81. The highest BCUT2D eigenvalue weighted by Gasteiger charge is 2.24. The average Bonchev–Trinajstić information content (AvgIpc) is 2.56. The number of benzene rings is 1. The van der Waals surface area contributed by atoms with Gasteiger partial charge in [0.2, 0.25) is 0 Å². The van der Waals surface area contributed by atoms with Gasteiger partial charge in [-0.2, -0.15) is 0 Å². The molecular weight excluding hydrogens is 292 g/mol. The zero-order valence-corrected chi connectivity index (χ0v) is 13.6. The van der Waals surface area contributed by atoms with Gasteiger partial charge < -0.3 is 15.0 Å². The fraction of sp³-hybridized carbons (Fsp3) is 0.471. The van der Waals surface area contributed by atoms with E-state index >= 15 is 0 Å². The lowest BCUT2D eigenvalue weighted by atomic mass is 10.0. The first-order valence-electron chi connectivity index (χ1n) is 8.07. The molecular formula is C17H22N4O2. The fourth-order valence-electron chi connectivity index (χ4n) is 2.90. The molecule has 1 N–H and O–H groups in total. The number of piperidine rings is 1. The molecule has 1 aromatic carbocycles. The standard InChI is InChI=1S/C17H22N4O2/c1-3-23-17(22)21-8-6-13(7-9-21)20-16-14-10-12(2)4-5-15(14)18-11-19-16/h4-5,10-11,13H,3,6-9H2,1-2H3,(H,18,19,20). The minimum Gasteiger partial charge on any atom is -0.450 e. The van der Waals surface area contributed by atoms with E-state index in [2.05, 4.69) is 34.3 Å². The van der Waals surface area contributed by atoms with Crippen LogP contribution in [-0.2, 0) is 4.74 Å². The van der Waals surface area contributed by atoms with Gasteiger partial charge in [-0.05, 0) is 38.8 Å². The Morgan fingerprint density at radius 2 is 2.13 bits per heavy atom. The Kier molecular flexibility index (Phi) is 4.60. The van der Waals surface area contributed by atoms with Crippen molar-refractivity contribution < 1.29 is 9.53 Å². The van der Waals surface area contributed by atoms with Crippen molar-refractivity contribution in [1.29, 1.82) is 0 Å². The van der Waals surface area contributed by atoms with Gasteiger partial charge in [-0.1, -0.05) is 11.6 Å². The summed E-state index contributed by atoms with van der Waals surface area (Å²) >= 11 is 0. The predicted molar refractivity (Wildman–Crippen MR) is 89.5 cm³/mol. The van der Waals surface area contributed by atoms with E-state index in [-0.39, 0.29) is 6.09 Å². The van der Waals surface area contributed by atoms with Crippen molar-refractivity contribution in [2.75, 3.05) is 25.0 Å². The number of fused-ring (bicyclic) bond motifs is 1. The Bertz CT molecular complexity index is 696. The summed E-state index contributed by atoms with van der Waals surface area (Å²) in [6.45, 7) is 5.73. The molecule has 0 atom stereocenters. The van der Waals surface area contributed by atoms with E-state index in [9.17, 15) is 4.79 Å². The highest BCUT2D eigenvalue weighted by atomic mass is 16.6. The minimum absolute atomic E-state index is 0.214. The molecule has 0 radical (unpaired) electrons. The molecule has 0 spiro atoms. The number of anilines is 1. The lowest BCUT2D eigenvalue weighted by Crippen LogP contribution is -2.42. The minimum atomic E-state index is -0.214. The number of ether oxygens (including phenoxy) is 1. The topological polar surface area (TPSA) is 67.3 Å². The van der Waals surface area contributed by atoms with Gasteiger partial charge in [0, 0.05) is 24.5 Å². The third-order valence-corrected chi connectivity index (χ3v) is 4.15. The first-order valence-corrected chi connectivity index (χ1v) is 8.07. The molecule has 3 rings (SSSR count). The van der Waals surface area contributed by atoms with Crippen molar-refractivity contribution in [3.8, 4) is 0 Å². The molecule has 1 aliphatic rings. The molecule has 0 aliphatic carbocycles. The number of amides is 1. The van der Waals surface area contributed by atoms with Crippen molar-refractivity contribution in [2.24, 2.45) is 0 Å². The van der Waals surface area contributed by atoms with Gasteiger partial charge in [-0.3, -0.25) is 0 Å². The van der Waals surface area contributed by atoms with Crippen molar-refractivity contribution in [3.63, 3.8) is 0 Å². The summed E-state index contributed by atoms with van der Waals surface area (Å²) in [6, 6.07) is 6.47. The summed E-state index contributed by atoms with van der Waals surface area (Å²) < 4.78 is 5.05. The number of carbonyl (C=O) groups excluding carboxylic acids is 1. The number of hydrogen-bond donors (Lipinski definition) is 1. The van der Waals surface area contributed by atoms with Gasteiger partial charge in [-0.25, -0.2) is 14.8 Å². The normalized spacial score (nSPS) is 15.7. The number of hydrogen-bond acceptors (Lipinski definition) is 5. The Hall–Kier alpha value is -2.37. The van der Waals surface area contributed by atoms with Crippen molar-refractivity contribution in [3.05, 3.63) is 30.1 Å². The van der Waals surface area contributed by atoms with Gasteiger partial charge in [0.25, 0.3) is 0 Å². The lowest BCUT2D eigenvalue weighted by Gasteiger charge is -2.32. The van der Waals surface area contributed by atoms with Crippen LogP contribution in [0.1, 0.15) is 25.3 Å². The van der Waals surface area contributed by atoms with Crippen LogP contribution >= 0.6 is 0 Å². The summed E-state index contributed by atoms with van der Waals surface area (Å²) in [4.78, 5) is 22.2. The number of nitrogens with zero attached hydrogens (tertiary/aromatic N) is 3. The zero-order chi connectivity index (χ0) is 16.2. The molecule has 1 aromatic heterocycles. The second-order valence-electron chi connectivity index (χ2n) is 5.85. The number of carbonyl (C=O) groups is 1. The van der Waals surface area contributed by atoms with E-state index in [0.29, 0.717) is 25.7 Å². The Labute approximate surface area is 135 Å². The number of aryl methyl sites for hydroxylation is 1.